The van der Waals surface area contributed by atoms with Gasteiger partial charge in [0.05, 0.1) is 31.6 Å². The van der Waals surface area contributed by atoms with E-state index >= 15 is 0 Å². The van der Waals surface area contributed by atoms with Gasteiger partial charge in [-0.1, -0.05) is 43.7 Å². The first-order chi connectivity index (χ1) is 17.5. The minimum Gasteiger partial charge on any atom is -0.444 e. The van der Waals surface area contributed by atoms with E-state index in [0.29, 0.717) is 44.2 Å². The highest BCUT2D eigenvalue weighted by Crippen LogP contribution is 2.32. The SMILES string of the molecule is Cc1ccc(-c2cc(C(C)C)c3nc(C(=O)N4CCN(C(=O)OC(C)(C)C)CC45COC5)cn3n2)cc1. The van der Waals surface area contributed by atoms with Gasteiger partial charge < -0.3 is 19.3 Å². The number of aromatic nitrogens is 3. The molecular formula is C28H35N5O4. The van der Waals surface area contributed by atoms with Crippen molar-refractivity contribution in [3.8, 4) is 11.3 Å². The van der Waals surface area contributed by atoms with E-state index in [0.717, 1.165) is 16.8 Å². The predicted octanol–water partition coefficient (Wildman–Crippen LogP) is 4.29. The van der Waals surface area contributed by atoms with Crippen molar-refractivity contribution in [3.63, 3.8) is 0 Å². The van der Waals surface area contributed by atoms with Gasteiger partial charge >= 0.3 is 6.09 Å². The van der Waals surface area contributed by atoms with Crippen molar-refractivity contribution in [1.29, 1.82) is 0 Å². The number of piperazine rings is 1. The fourth-order valence-electron chi connectivity index (χ4n) is 4.89. The van der Waals surface area contributed by atoms with Crippen LogP contribution in [-0.4, -0.2) is 80.4 Å². The zero-order valence-electron chi connectivity index (χ0n) is 22.4. The molecule has 0 aliphatic carbocycles. The Bertz CT molecular complexity index is 1340. The van der Waals surface area contributed by atoms with Crippen molar-refractivity contribution in [1.82, 2.24) is 24.4 Å². The van der Waals surface area contributed by atoms with Gasteiger partial charge in [0.2, 0.25) is 0 Å². The molecule has 0 N–H and O–H groups in total. The van der Waals surface area contributed by atoms with Crippen LogP contribution in [0, 0.1) is 6.92 Å². The largest absolute Gasteiger partial charge is 0.444 e. The van der Waals surface area contributed by atoms with Crippen LogP contribution in [0.2, 0.25) is 0 Å². The number of fused-ring (bicyclic) bond motifs is 1. The Hall–Kier alpha value is -3.46. The van der Waals surface area contributed by atoms with E-state index in [1.165, 1.54) is 5.56 Å². The van der Waals surface area contributed by atoms with Crippen molar-refractivity contribution in [2.45, 2.75) is 58.6 Å². The van der Waals surface area contributed by atoms with Gasteiger partial charge in [-0.15, -0.1) is 0 Å². The second-order valence-electron chi connectivity index (χ2n) is 11.5. The third-order valence-corrected chi connectivity index (χ3v) is 6.93. The molecule has 1 spiro atoms. The standard InChI is InChI=1S/C28H35N5O4/c1-18(2)21-13-22(20-9-7-19(3)8-10-20)30-33-14-23(29-24(21)33)25(34)32-12-11-31(15-28(32)16-36-17-28)26(35)37-27(4,5)6/h7-10,13-14,18H,11-12,15-17H2,1-6H3. The van der Waals surface area contributed by atoms with Gasteiger partial charge in [0, 0.05) is 24.2 Å². The number of benzene rings is 1. The lowest BCUT2D eigenvalue weighted by Crippen LogP contribution is -2.73. The Balaban J connectivity index is 1.45. The first kappa shape index (κ1) is 25.2. The first-order valence-electron chi connectivity index (χ1n) is 12.8. The number of ether oxygens (including phenoxy) is 2. The number of carbonyl (C=O) groups excluding carboxylic acids is 2. The Kier molecular flexibility index (Phi) is 6.22. The van der Waals surface area contributed by atoms with E-state index in [1.54, 1.807) is 15.6 Å². The molecule has 9 nitrogen and oxygen atoms in total. The highest BCUT2D eigenvalue weighted by Gasteiger charge is 2.51. The van der Waals surface area contributed by atoms with Crippen LogP contribution in [-0.2, 0) is 9.47 Å². The number of rotatable bonds is 3. The summed E-state index contributed by atoms with van der Waals surface area (Å²) in [5.74, 6) is 0.0213. The van der Waals surface area contributed by atoms with Gasteiger partial charge in [0.1, 0.15) is 16.8 Å². The summed E-state index contributed by atoms with van der Waals surface area (Å²) < 4.78 is 12.8. The minimum absolute atomic E-state index is 0.177. The van der Waals surface area contributed by atoms with E-state index in [2.05, 4.69) is 51.1 Å². The van der Waals surface area contributed by atoms with Gasteiger partial charge in [-0.25, -0.2) is 14.3 Å². The number of aryl methyl sites for hydroxylation is 1. The average Bonchev–Trinajstić information content (AvgIpc) is 3.25. The molecule has 0 saturated carbocycles. The van der Waals surface area contributed by atoms with Crippen LogP contribution in [0.3, 0.4) is 0 Å². The topological polar surface area (TPSA) is 89.3 Å². The maximum Gasteiger partial charge on any atom is 0.410 e. The molecule has 2 aromatic heterocycles. The molecule has 2 aliphatic rings. The summed E-state index contributed by atoms with van der Waals surface area (Å²) in [6.45, 7) is 13.7. The molecule has 9 heteroatoms. The van der Waals surface area contributed by atoms with E-state index < -0.39 is 11.1 Å². The minimum atomic E-state index is -0.581. The third kappa shape index (κ3) is 4.80. The zero-order valence-corrected chi connectivity index (χ0v) is 22.4. The number of hydrogen-bond acceptors (Lipinski definition) is 6. The maximum atomic E-state index is 13.8. The lowest BCUT2D eigenvalue weighted by Gasteiger charge is -2.54. The third-order valence-electron chi connectivity index (χ3n) is 6.93. The van der Waals surface area contributed by atoms with Crippen molar-refractivity contribution in [2.75, 3.05) is 32.8 Å². The van der Waals surface area contributed by atoms with E-state index in [9.17, 15) is 9.59 Å². The molecule has 5 rings (SSSR count). The molecule has 0 atom stereocenters. The normalized spacial score (nSPS) is 17.4. The second-order valence-corrected chi connectivity index (χ2v) is 11.5. The lowest BCUT2D eigenvalue weighted by atomic mass is 9.91. The smallest absolute Gasteiger partial charge is 0.410 e. The van der Waals surface area contributed by atoms with Gasteiger partial charge in [-0.05, 0) is 39.7 Å². The van der Waals surface area contributed by atoms with Crippen LogP contribution < -0.4 is 0 Å². The molecule has 4 heterocycles. The molecule has 2 saturated heterocycles. The summed E-state index contributed by atoms with van der Waals surface area (Å²) >= 11 is 0. The highest BCUT2D eigenvalue weighted by molar-refractivity contribution is 5.94. The number of hydrogen-bond donors (Lipinski definition) is 0. The van der Waals surface area contributed by atoms with Crippen LogP contribution in [0.25, 0.3) is 16.9 Å². The van der Waals surface area contributed by atoms with Gasteiger partial charge in [-0.2, -0.15) is 5.10 Å². The summed E-state index contributed by atoms with van der Waals surface area (Å²) in [5, 5.41) is 4.80. The maximum absolute atomic E-state index is 13.8. The summed E-state index contributed by atoms with van der Waals surface area (Å²) in [6, 6.07) is 10.3. The molecule has 0 bridgehead atoms. The average molecular weight is 506 g/mol. The van der Waals surface area contributed by atoms with Gasteiger partial charge in [0.15, 0.2) is 5.65 Å². The molecule has 0 radical (unpaired) electrons. The Labute approximate surface area is 217 Å². The molecule has 196 valence electrons. The molecule has 2 amide bonds. The molecule has 3 aromatic rings. The van der Waals surface area contributed by atoms with Crippen LogP contribution >= 0.6 is 0 Å². The van der Waals surface area contributed by atoms with Crippen molar-refractivity contribution in [2.24, 2.45) is 0 Å². The van der Waals surface area contributed by atoms with Crippen LogP contribution in [0.15, 0.2) is 36.5 Å². The molecule has 2 aliphatic heterocycles. The lowest BCUT2D eigenvalue weighted by molar-refractivity contribution is -0.151. The monoisotopic (exact) mass is 505 g/mol. The highest BCUT2D eigenvalue weighted by atomic mass is 16.6. The van der Waals surface area contributed by atoms with E-state index in [1.807, 2.05) is 25.7 Å². The fourth-order valence-corrected chi connectivity index (χ4v) is 4.89. The number of carbonyl (C=O) groups is 2. The summed E-state index contributed by atoms with van der Waals surface area (Å²) in [4.78, 5) is 34.7. The van der Waals surface area contributed by atoms with E-state index in [4.69, 9.17) is 19.6 Å². The molecule has 1 aromatic carbocycles. The Morgan fingerprint density at radius 2 is 1.81 bits per heavy atom. The van der Waals surface area contributed by atoms with Crippen LogP contribution in [0.1, 0.15) is 62.2 Å². The second kappa shape index (κ2) is 9.13. The first-order valence-corrected chi connectivity index (χ1v) is 12.8. The Morgan fingerprint density at radius 1 is 1.11 bits per heavy atom. The number of nitrogens with zero attached hydrogens (tertiary/aromatic N) is 5. The quantitative estimate of drug-likeness (QED) is 0.528. The zero-order chi connectivity index (χ0) is 26.5. The molecular weight excluding hydrogens is 470 g/mol. The number of amides is 2. The number of imidazole rings is 1. The molecule has 0 unspecified atom stereocenters. The van der Waals surface area contributed by atoms with Crippen LogP contribution in [0.4, 0.5) is 4.79 Å². The fraction of sp³-hybridized carbons (Fsp3) is 0.500. The molecule has 2 fully saturated rings. The van der Waals surface area contributed by atoms with E-state index in [-0.39, 0.29) is 17.9 Å². The van der Waals surface area contributed by atoms with Crippen LogP contribution in [0.5, 0.6) is 0 Å². The summed E-state index contributed by atoms with van der Waals surface area (Å²) in [7, 11) is 0. The van der Waals surface area contributed by atoms with Gasteiger partial charge in [0.25, 0.3) is 5.91 Å². The summed E-state index contributed by atoms with van der Waals surface area (Å²) in [5.41, 5.74) is 3.92. The van der Waals surface area contributed by atoms with Crippen molar-refractivity contribution < 1.29 is 19.1 Å². The van der Waals surface area contributed by atoms with Crippen molar-refractivity contribution in [3.05, 3.63) is 53.3 Å². The predicted molar refractivity (Wildman–Crippen MR) is 140 cm³/mol. The Morgan fingerprint density at radius 3 is 2.41 bits per heavy atom. The summed E-state index contributed by atoms with van der Waals surface area (Å²) in [6.07, 6.45) is 1.35. The van der Waals surface area contributed by atoms with Crippen molar-refractivity contribution >= 4 is 17.6 Å². The molecule has 37 heavy (non-hydrogen) atoms. The van der Waals surface area contributed by atoms with Gasteiger partial charge in [-0.3, -0.25) is 4.79 Å².